The molecule has 1 unspecified atom stereocenters. The summed E-state index contributed by atoms with van der Waals surface area (Å²) in [4.78, 5) is 16.4. The van der Waals surface area contributed by atoms with Crippen LogP contribution in [0, 0.1) is 18.8 Å². The summed E-state index contributed by atoms with van der Waals surface area (Å²) in [6.45, 7) is 8.00. The lowest BCUT2D eigenvalue weighted by Gasteiger charge is -2.28. The monoisotopic (exact) mass is 279 g/mol. The van der Waals surface area contributed by atoms with Crippen molar-refractivity contribution in [2.24, 2.45) is 11.8 Å². The molecular formula is C15H25N3O2. The van der Waals surface area contributed by atoms with Crippen LogP contribution in [0.25, 0.3) is 0 Å². The summed E-state index contributed by atoms with van der Waals surface area (Å²) in [7, 11) is 0. The van der Waals surface area contributed by atoms with Crippen LogP contribution < -0.4 is 5.32 Å². The third-order valence-electron chi connectivity index (χ3n) is 4.38. The van der Waals surface area contributed by atoms with Crippen LogP contribution in [0.15, 0.2) is 4.52 Å². The first-order valence-corrected chi connectivity index (χ1v) is 7.58. The number of aryl methyl sites for hydroxylation is 1. The number of nitrogens with one attached hydrogen (secondary N) is 1. The average Bonchev–Trinajstić information content (AvgIpc) is 2.85. The van der Waals surface area contributed by atoms with Crippen LogP contribution >= 0.6 is 0 Å². The van der Waals surface area contributed by atoms with Gasteiger partial charge in [0.2, 0.25) is 11.8 Å². The van der Waals surface area contributed by atoms with E-state index in [4.69, 9.17) is 4.52 Å². The molecule has 1 heterocycles. The topological polar surface area (TPSA) is 68.0 Å². The second-order valence-corrected chi connectivity index (χ2v) is 6.27. The zero-order chi connectivity index (χ0) is 14.7. The first kappa shape index (κ1) is 15.0. The summed E-state index contributed by atoms with van der Waals surface area (Å²) in [5, 5.41) is 7.02. The van der Waals surface area contributed by atoms with Crippen LogP contribution in [0.2, 0.25) is 0 Å². The summed E-state index contributed by atoms with van der Waals surface area (Å²) in [5.41, 5.74) is 0. The Morgan fingerprint density at radius 2 is 1.90 bits per heavy atom. The van der Waals surface area contributed by atoms with E-state index in [0.717, 1.165) is 31.6 Å². The number of aromatic nitrogens is 2. The van der Waals surface area contributed by atoms with E-state index in [9.17, 15) is 4.79 Å². The van der Waals surface area contributed by atoms with Gasteiger partial charge in [0, 0.05) is 17.9 Å². The lowest BCUT2D eigenvalue weighted by atomic mass is 9.85. The molecule has 1 aromatic rings. The molecule has 0 aliphatic heterocycles. The molecule has 2 rings (SSSR count). The number of hydrogen-bond acceptors (Lipinski definition) is 4. The largest absolute Gasteiger partial charge is 0.353 e. The maximum absolute atomic E-state index is 12.1. The number of hydrogen-bond donors (Lipinski definition) is 1. The van der Waals surface area contributed by atoms with Gasteiger partial charge < -0.3 is 9.84 Å². The number of amides is 1. The molecule has 5 nitrogen and oxygen atoms in total. The van der Waals surface area contributed by atoms with Crippen molar-refractivity contribution in [1.82, 2.24) is 15.5 Å². The fourth-order valence-corrected chi connectivity index (χ4v) is 2.60. The SMILES string of the molecule is Cc1noc(C2CCC(NC(=O)C(C)C(C)C)CC2)n1. The Balaban J connectivity index is 1.81. The van der Waals surface area contributed by atoms with Crippen molar-refractivity contribution in [1.29, 1.82) is 0 Å². The highest BCUT2D eigenvalue weighted by Gasteiger charge is 2.28. The van der Waals surface area contributed by atoms with Crippen LogP contribution in [0.1, 0.15) is 64.1 Å². The van der Waals surface area contributed by atoms with Crippen molar-refractivity contribution in [2.75, 3.05) is 0 Å². The summed E-state index contributed by atoms with van der Waals surface area (Å²) < 4.78 is 5.24. The zero-order valence-corrected chi connectivity index (χ0v) is 12.8. The molecule has 20 heavy (non-hydrogen) atoms. The molecule has 1 atom stereocenters. The highest BCUT2D eigenvalue weighted by atomic mass is 16.5. The van der Waals surface area contributed by atoms with E-state index in [-0.39, 0.29) is 11.8 Å². The minimum Gasteiger partial charge on any atom is -0.353 e. The van der Waals surface area contributed by atoms with Crippen molar-refractivity contribution in [3.63, 3.8) is 0 Å². The lowest BCUT2D eigenvalue weighted by molar-refractivity contribution is -0.126. The van der Waals surface area contributed by atoms with Gasteiger partial charge in [-0.25, -0.2) is 0 Å². The molecule has 1 N–H and O–H groups in total. The first-order valence-electron chi connectivity index (χ1n) is 7.58. The molecule has 1 saturated carbocycles. The van der Waals surface area contributed by atoms with Crippen molar-refractivity contribution < 1.29 is 9.32 Å². The normalized spacial score (nSPS) is 24.6. The minimum absolute atomic E-state index is 0.0753. The Morgan fingerprint density at radius 3 is 2.40 bits per heavy atom. The fourth-order valence-electron chi connectivity index (χ4n) is 2.60. The Morgan fingerprint density at radius 1 is 1.25 bits per heavy atom. The van der Waals surface area contributed by atoms with Gasteiger partial charge >= 0.3 is 0 Å². The van der Waals surface area contributed by atoms with Crippen molar-refractivity contribution in [3.8, 4) is 0 Å². The molecule has 0 radical (unpaired) electrons. The number of carbonyl (C=O) groups is 1. The molecule has 112 valence electrons. The molecule has 1 aliphatic carbocycles. The van der Waals surface area contributed by atoms with Gasteiger partial charge in [-0.1, -0.05) is 25.9 Å². The fraction of sp³-hybridized carbons (Fsp3) is 0.800. The molecule has 1 fully saturated rings. The van der Waals surface area contributed by atoms with Gasteiger partial charge in [0.05, 0.1) is 0 Å². The number of carbonyl (C=O) groups excluding carboxylic acids is 1. The quantitative estimate of drug-likeness (QED) is 0.920. The van der Waals surface area contributed by atoms with Gasteiger partial charge in [0.15, 0.2) is 5.82 Å². The number of nitrogens with zero attached hydrogens (tertiary/aromatic N) is 2. The molecule has 0 bridgehead atoms. The third kappa shape index (κ3) is 3.58. The lowest BCUT2D eigenvalue weighted by Crippen LogP contribution is -2.41. The van der Waals surface area contributed by atoms with Crippen molar-refractivity contribution in [3.05, 3.63) is 11.7 Å². The standard InChI is InChI=1S/C15H25N3O2/c1-9(2)10(3)14(19)17-13-7-5-12(6-8-13)15-16-11(4)18-20-15/h9-10,12-13H,5-8H2,1-4H3,(H,17,19). The Bertz CT molecular complexity index is 448. The van der Waals surface area contributed by atoms with Crippen molar-refractivity contribution >= 4 is 5.91 Å². The minimum atomic E-state index is 0.0753. The Labute approximate surface area is 120 Å². The second-order valence-electron chi connectivity index (χ2n) is 6.27. The third-order valence-corrected chi connectivity index (χ3v) is 4.38. The summed E-state index contributed by atoms with van der Waals surface area (Å²) in [6.07, 6.45) is 3.98. The Hall–Kier alpha value is -1.39. The summed E-state index contributed by atoms with van der Waals surface area (Å²) in [5.74, 6) is 2.44. The predicted molar refractivity (Wildman–Crippen MR) is 76.2 cm³/mol. The first-order chi connectivity index (χ1) is 9.47. The Kier molecular flexibility index (Phi) is 4.78. The van der Waals surface area contributed by atoms with E-state index in [0.29, 0.717) is 23.7 Å². The van der Waals surface area contributed by atoms with Crippen molar-refractivity contribution in [2.45, 2.75) is 65.3 Å². The summed E-state index contributed by atoms with van der Waals surface area (Å²) in [6, 6.07) is 0.295. The molecule has 1 aliphatic rings. The van der Waals surface area contributed by atoms with Crippen LogP contribution in [0.4, 0.5) is 0 Å². The van der Waals surface area contributed by atoms with E-state index in [1.807, 2.05) is 13.8 Å². The maximum Gasteiger partial charge on any atom is 0.229 e. The zero-order valence-electron chi connectivity index (χ0n) is 12.8. The van der Waals surface area contributed by atoms with E-state index in [2.05, 4.69) is 29.3 Å². The van der Waals surface area contributed by atoms with E-state index in [1.54, 1.807) is 0 Å². The van der Waals surface area contributed by atoms with Gasteiger partial charge in [-0.2, -0.15) is 4.98 Å². The molecule has 0 spiro atoms. The highest BCUT2D eigenvalue weighted by Crippen LogP contribution is 2.32. The predicted octanol–water partition coefficient (Wildman–Crippen LogP) is 2.81. The van der Waals surface area contributed by atoms with Gasteiger partial charge in [-0.05, 0) is 38.5 Å². The van der Waals surface area contributed by atoms with Crippen LogP contribution in [0.3, 0.4) is 0 Å². The maximum atomic E-state index is 12.1. The molecule has 1 aromatic heterocycles. The van der Waals surface area contributed by atoms with Crippen LogP contribution in [-0.2, 0) is 4.79 Å². The van der Waals surface area contributed by atoms with Gasteiger partial charge in [0.1, 0.15) is 0 Å². The van der Waals surface area contributed by atoms with E-state index < -0.39 is 0 Å². The van der Waals surface area contributed by atoms with Gasteiger partial charge in [0.25, 0.3) is 0 Å². The van der Waals surface area contributed by atoms with Gasteiger partial charge in [-0.15, -0.1) is 0 Å². The van der Waals surface area contributed by atoms with E-state index >= 15 is 0 Å². The summed E-state index contributed by atoms with van der Waals surface area (Å²) >= 11 is 0. The molecular weight excluding hydrogens is 254 g/mol. The number of rotatable bonds is 4. The molecule has 5 heteroatoms. The van der Waals surface area contributed by atoms with Gasteiger partial charge in [-0.3, -0.25) is 4.79 Å². The average molecular weight is 279 g/mol. The molecule has 0 saturated heterocycles. The second kappa shape index (κ2) is 6.37. The van der Waals surface area contributed by atoms with Crippen LogP contribution in [-0.4, -0.2) is 22.1 Å². The van der Waals surface area contributed by atoms with E-state index in [1.165, 1.54) is 0 Å². The highest BCUT2D eigenvalue weighted by molar-refractivity contribution is 5.78. The smallest absolute Gasteiger partial charge is 0.229 e. The molecule has 1 amide bonds. The van der Waals surface area contributed by atoms with Crippen LogP contribution in [0.5, 0.6) is 0 Å². The molecule has 0 aromatic carbocycles.